The third kappa shape index (κ3) is 3.97. The molecular weight excluding hydrogens is 172 g/mol. The number of nitrogens with zero attached hydrogens (tertiary/aromatic N) is 1. The fourth-order valence-electron chi connectivity index (χ4n) is 2.23. The van der Waals surface area contributed by atoms with Gasteiger partial charge < -0.3 is 5.32 Å². The van der Waals surface area contributed by atoms with Gasteiger partial charge in [0.05, 0.1) is 0 Å². The molecule has 0 aromatic carbocycles. The lowest BCUT2D eigenvalue weighted by molar-refractivity contribution is 0.244. The molecule has 0 aromatic heterocycles. The summed E-state index contributed by atoms with van der Waals surface area (Å²) in [6, 6.07) is 0.827. The summed E-state index contributed by atoms with van der Waals surface area (Å²) in [7, 11) is 0. The van der Waals surface area contributed by atoms with Crippen LogP contribution in [-0.2, 0) is 0 Å². The molecule has 0 aromatic rings. The smallest absolute Gasteiger partial charge is 0.0221 e. The Kier molecular flexibility index (Phi) is 6.20. The third-order valence-electron chi connectivity index (χ3n) is 3.10. The van der Waals surface area contributed by atoms with Crippen LogP contribution in [0.15, 0.2) is 0 Å². The van der Waals surface area contributed by atoms with Gasteiger partial charge in [-0.3, -0.25) is 4.90 Å². The first-order valence-electron chi connectivity index (χ1n) is 6.33. The maximum atomic E-state index is 3.54. The lowest BCUT2D eigenvalue weighted by atomic mass is 10.2. The molecule has 1 aliphatic heterocycles. The minimum absolute atomic E-state index is 0.827. The molecule has 1 rings (SSSR count). The largest absolute Gasteiger partial charge is 0.315 e. The molecule has 0 spiro atoms. The van der Waals surface area contributed by atoms with Gasteiger partial charge in [-0.1, -0.05) is 20.3 Å². The summed E-state index contributed by atoms with van der Waals surface area (Å²) >= 11 is 0. The molecule has 0 bridgehead atoms. The molecule has 0 amide bonds. The van der Waals surface area contributed by atoms with Crippen LogP contribution in [0.4, 0.5) is 0 Å². The molecule has 2 nitrogen and oxygen atoms in total. The van der Waals surface area contributed by atoms with E-state index < -0.39 is 0 Å². The van der Waals surface area contributed by atoms with Gasteiger partial charge in [-0.25, -0.2) is 0 Å². The highest BCUT2D eigenvalue weighted by atomic mass is 15.2. The highest BCUT2D eigenvalue weighted by molar-refractivity contribution is 4.80. The lowest BCUT2D eigenvalue weighted by Crippen LogP contribution is -2.38. The Morgan fingerprint density at radius 1 is 1.29 bits per heavy atom. The van der Waals surface area contributed by atoms with Crippen molar-refractivity contribution in [1.29, 1.82) is 0 Å². The van der Waals surface area contributed by atoms with Gasteiger partial charge in [0.25, 0.3) is 0 Å². The Bertz CT molecular complexity index is 136. The molecule has 0 radical (unpaired) electrons. The van der Waals surface area contributed by atoms with Crippen molar-refractivity contribution in [2.75, 3.05) is 26.2 Å². The highest BCUT2D eigenvalue weighted by Gasteiger charge is 2.22. The Morgan fingerprint density at radius 3 is 2.86 bits per heavy atom. The molecule has 84 valence electrons. The van der Waals surface area contributed by atoms with Crippen molar-refractivity contribution in [3.05, 3.63) is 0 Å². The summed E-state index contributed by atoms with van der Waals surface area (Å²) in [5.41, 5.74) is 0. The number of hydrogen-bond donors (Lipinski definition) is 1. The van der Waals surface area contributed by atoms with Crippen LogP contribution in [0.5, 0.6) is 0 Å². The third-order valence-corrected chi connectivity index (χ3v) is 3.10. The maximum absolute atomic E-state index is 3.54. The van der Waals surface area contributed by atoms with Crippen LogP contribution >= 0.6 is 0 Å². The first-order chi connectivity index (χ1) is 6.88. The average Bonchev–Trinajstić information content (AvgIpc) is 2.63. The highest BCUT2D eigenvalue weighted by Crippen LogP contribution is 2.16. The average molecular weight is 198 g/mol. The van der Waals surface area contributed by atoms with Crippen molar-refractivity contribution < 1.29 is 0 Å². The predicted molar refractivity (Wildman–Crippen MR) is 62.7 cm³/mol. The number of unbranched alkanes of at least 4 members (excludes halogenated alkanes) is 1. The van der Waals surface area contributed by atoms with E-state index in [1.54, 1.807) is 0 Å². The number of likely N-dealkylation sites (tertiary alicyclic amines) is 1. The van der Waals surface area contributed by atoms with E-state index in [9.17, 15) is 0 Å². The van der Waals surface area contributed by atoms with Crippen molar-refractivity contribution in [1.82, 2.24) is 10.2 Å². The van der Waals surface area contributed by atoms with Gasteiger partial charge in [-0.2, -0.15) is 0 Å². The quantitative estimate of drug-likeness (QED) is 0.631. The zero-order chi connectivity index (χ0) is 10.2. The van der Waals surface area contributed by atoms with E-state index >= 15 is 0 Å². The first-order valence-corrected chi connectivity index (χ1v) is 6.33. The van der Waals surface area contributed by atoms with Crippen LogP contribution in [0, 0.1) is 0 Å². The van der Waals surface area contributed by atoms with Crippen LogP contribution in [0.1, 0.15) is 46.0 Å². The summed E-state index contributed by atoms with van der Waals surface area (Å²) in [6.07, 6.45) is 6.75. The standard InChI is InChI=1S/C12H26N2/c1-3-5-9-14-10-6-7-12(14)11-13-8-4-2/h12-13H,3-11H2,1-2H3/t12-/m0/s1. The van der Waals surface area contributed by atoms with E-state index in [4.69, 9.17) is 0 Å². The molecule has 1 heterocycles. The lowest BCUT2D eigenvalue weighted by Gasteiger charge is -2.24. The zero-order valence-electron chi connectivity index (χ0n) is 9.89. The minimum atomic E-state index is 0.827. The van der Waals surface area contributed by atoms with Crippen molar-refractivity contribution in [3.8, 4) is 0 Å². The van der Waals surface area contributed by atoms with E-state index in [1.807, 2.05) is 0 Å². The van der Waals surface area contributed by atoms with Gasteiger partial charge in [0.15, 0.2) is 0 Å². The summed E-state index contributed by atoms with van der Waals surface area (Å²) in [6.45, 7) is 9.54. The molecule has 1 aliphatic rings. The molecular formula is C12H26N2. The van der Waals surface area contributed by atoms with E-state index in [1.165, 1.54) is 58.3 Å². The Labute approximate surface area is 89.1 Å². The second-order valence-electron chi connectivity index (χ2n) is 4.39. The van der Waals surface area contributed by atoms with Gasteiger partial charge in [0, 0.05) is 12.6 Å². The first kappa shape index (κ1) is 12.0. The number of hydrogen-bond acceptors (Lipinski definition) is 2. The fraction of sp³-hybridized carbons (Fsp3) is 1.00. The molecule has 1 atom stereocenters. The van der Waals surface area contributed by atoms with Crippen molar-refractivity contribution >= 4 is 0 Å². The Hall–Kier alpha value is -0.0800. The number of rotatable bonds is 7. The predicted octanol–water partition coefficient (Wildman–Crippen LogP) is 2.25. The normalized spacial score (nSPS) is 23.1. The minimum Gasteiger partial charge on any atom is -0.315 e. The zero-order valence-corrected chi connectivity index (χ0v) is 9.89. The summed E-state index contributed by atoms with van der Waals surface area (Å²) in [4.78, 5) is 2.67. The molecule has 0 aliphatic carbocycles. The van der Waals surface area contributed by atoms with Crippen LogP contribution in [0.25, 0.3) is 0 Å². The molecule has 14 heavy (non-hydrogen) atoms. The topological polar surface area (TPSA) is 15.3 Å². The van der Waals surface area contributed by atoms with Gasteiger partial charge >= 0.3 is 0 Å². The van der Waals surface area contributed by atoms with E-state index in [-0.39, 0.29) is 0 Å². The molecule has 1 N–H and O–H groups in total. The second kappa shape index (κ2) is 7.24. The van der Waals surface area contributed by atoms with Crippen LogP contribution < -0.4 is 5.32 Å². The maximum Gasteiger partial charge on any atom is 0.0221 e. The Balaban J connectivity index is 2.14. The van der Waals surface area contributed by atoms with Crippen molar-refractivity contribution in [3.63, 3.8) is 0 Å². The fourth-order valence-corrected chi connectivity index (χ4v) is 2.23. The van der Waals surface area contributed by atoms with Gasteiger partial charge in [-0.15, -0.1) is 0 Å². The van der Waals surface area contributed by atoms with E-state index in [0.29, 0.717) is 0 Å². The van der Waals surface area contributed by atoms with Crippen LogP contribution in [0.2, 0.25) is 0 Å². The van der Waals surface area contributed by atoms with Crippen molar-refractivity contribution in [2.45, 2.75) is 52.0 Å². The molecule has 0 unspecified atom stereocenters. The molecule has 1 fully saturated rings. The van der Waals surface area contributed by atoms with E-state index in [2.05, 4.69) is 24.1 Å². The van der Waals surface area contributed by atoms with Gasteiger partial charge in [0.1, 0.15) is 0 Å². The van der Waals surface area contributed by atoms with Gasteiger partial charge in [-0.05, 0) is 45.3 Å². The Morgan fingerprint density at radius 2 is 2.14 bits per heavy atom. The van der Waals surface area contributed by atoms with Crippen molar-refractivity contribution in [2.24, 2.45) is 0 Å². The summed E-state index contributed by atoms with van der Waals surface area (Å²) in [5, 5.41) is 3.54. The summed E-state index contributed by atoms with van der Waals surface area (Å²) in [5.74, 6) is 0. The van der Waals surface area contributed by atoms with Crippen LogP contribution in [-0.4, -0.2) is 37.1 Å². The monoisotopic (exact) mass is 198 g/mol. The SMILES string of the molecule is CCCCN1CCC[C@H]1CNCCC. The number of nitrogens with one attached hydrogen (secondary N) is 1. The summed E-state index contributed by atoms with van der Waals surface area (Å²) < 4.78 is 0. The molecule has 1 saturated heterocycles. The second-order valence-corrected chi connectivity index (χ2v) is 4.39. The van der Waals surface area contributed by atoms with Crippen LogP contribution in [0.3, 0.4) is 0 Å². The molecule has 2 heteroatoms. The van der Waals surface area contributed by atoms with Gasteiger partial charge in [0.2, 0.25) is 0 Å². The molecule has 0 saturated carbocycles. The van der Waals surface area contributed by atoms with E-state index in [0.717, 1.165) is 6.04 Å².